The van der Waals surface area contributed by atoms with E-state index in [9.17, 15) is 5.11 Å². The molecule has 0 radical (unpaired) electrons. The SMILES string of the molecule is COCC(O)CN(C)c1ncc(CNC2CC2)cn1. The van der Waals surface area contributed by atoms with Crippen LogP contribution < -0.4 is 10.2 Å². The van der Waals surface area contributed by atoms with Crippen LogP contribution in [0.15, 0.2) is 12.4 Å². The van der Waals surface area contributed by atoms with Crippen LogP contribution in [-0.2, 0) is 11.3 Å². The molecule has 0 amide bonds. The van der Waals surface area contributed by atoms with E-state index in [2.05, 4.69) is 15.3 Å². The number of likely N-dealkylation sites (N-methyl/N-ethyl adjacent to an activating group) is 1. The van der Waals surface area contributed by atoms with E-state index in [1.807, 2.05) is 24.3 Å². The molecule has 19 heavy (non-hydrogen) atoms. The Morgan fingerprint density at radius 3 is 2.74 bits per heavy atom. The second-order valence-electron chi connectivity index (χ2n) is 5.04. The van der Waals surface area contributed by atoms with E-state index >= 15 is 0 Å². The van der Waals surface area contributed by atoms with Crippen LogP contribution in [0.25, 0.3) is 0 Å². The van der Waals surface area contributed by atoms with Gasteiger partial charge in [-0.2, -0.15) is 0 Å². The molecule has 1 unspecified atom stereocenters. The molecule has 1 aliphatic carbocycles. The second kappa shape index (κ2) is 6.79. The number of anilines is 1. The molecule has 2 rings (SSSR count). The van der Waals surface area contributed by atoms with Crippen molar-refractivity contribution in [3.8, 4) is 0 Å². The van der Waals surface area contributed by atoms with Crippen molar-refractivity contribution >= 4 is 5.95 Å². The third-order valence-corrected chi connectivity index (χ3v) is 3.05. The van der Waals surface area contributed by atoms with E-state index in [-0.39, 0.29) is 0 Å². The fraction of sp³-hybridized carbons (Fsp3) is 0.692. The second-order valence-corrected chi connectivity index (χ2v) is 5.04. The Kier molecular flexibility index (Phi) is 5.07. The number of nitrogens with one attached hydrogen (secondary N) is 1. The first-order valence-corrected chi connectivity index (χ1v) is 6.61. The summed E-state index contributed by atoms with van der Waals surface area (Å²) in [5, 5.41) is 13.1. The van der Waals surface area contributed by atoms with Gasteiger partial charge in [-0.3, -0.25) is 0 Å². The first-order chi connectivity index (χ1) is 9.19. The summed E-state index contributed by atoms with van der Waals surface area (Å²) in [4.78, 5) is 10.4. The number of nitrogens with zero attached hydrogens (tertiary/aromatic N) is 3. The average molecular weight is 266 g/mol. The lowest BCUT2D eigenvalue weighted by Crippen LogP contribution is -2.33. The molecule has 0 saturated heterocycles. The molecule has 0 aromatic carbocycles. The Hall–Kier alpha value is -1.24. The number of hydrogen-bond acceptors (Lipinski definition) is 6. The van der Waals surface area contributed by atoms with Crippen molar-refractivity contribution in [3.63, 3.8) is 0 Å². The molecule has 1 aromatic heterocycles. The molecule has 1 saturated carbocycles. The minimum atomic E-state index is -0.533. The van der Waals surface area contributed by atoms with Crippen molar-refractivity contribution in [1.29, 1.82) is 0 Å². The molecular weight excluding hydrogens is 244 g/mol. The van der Waals surface area contributed by atoms with Crippen molar-refractivity contribution in [3.05, 3.63) is 18.0 Å². The van der Waals surface area contributed by atoms with Gasteiger partial charge in [0.1, 0.15) is 0 Å². The monoisotopic (exact) mass is 266 g/mol. The highest BCUT2D eigenvalue weighted by Gasteiger charge is 2.20. The molecule has 6 heteroatoms. The maximum Gasteiger partial charge on any atom is 0.225 e. The van der Waals surface area contributed by atoms with E-state index in [1.165, 1.54) is 12.8 Å². The lowest BCUT2D eigenvalue weighted by Gasteiger charge is -2.20. The smallest absolute Gasteiger partial charge is 0.225 e. The number of rotatable bonds is 8. The highest BCUT2D eigenvalue weighted by molar-refractivity contribution is 5.28. The van der Waals surface area contributed by atoms with Crippen molar-refractivity contribution < 1.29 is 9.84 Å². The molecule has 0 aliphatic heterocycles. The van der Waals surface area contributed by atoms with Gasteiger partial charge in [-0.15, -0.1) is 0 Å². The van der Waals surface area contributed by atoms with E-state index in [0.717, 1.165) is 12.1 Å². The number of aliphatic hydroxyl groups excluding tert-OH is 1. The summed E-state index contributed by atoms with van der Waals surface area (Å²) in [5.74, 6) is 0.616. The summed E-state index contributed by atoms with van der Waals surface area (Å²) in [6, 6.07) is 0.687. The van der Waals surface area contributed by atoms with Crippen molar-refractivity contribution in [2.45, 2.75) is 31.5 Å². The molecule has 1 aromatic rings. The van der Waals surface area contributed by atoms with Gasteiger partial charge in [-0.1, -0.05) is 0 Å². The number of ether oxygens (including phenoxy) is 1. The molecule has 6 nitrogen and oxygen atoms in total. The predicted octanol–water partition coefficient (Wildman–Crippen LogP) is 0.172. The van der Waals surface area contributed by atoms with Crippen LogP contribution in [0.2, 0.25) is 0 Å². The fourth-order valence-corrected chi connectivity index (χ4v) is 1.83. The molecule has 106 valence electrons. The van der Waals surface area contributed by atoms with Crippen LogP contribution in [-0.4, -0.2) is 54.5 Å². The Balaban J connectivity index is 1.82. The average Bonchev–Trinajstić information content (AvgIpc) is 3.21. The summed E-state index contributed by atoms with van der Waals surface area (Å²) in [6.45, 7) is 1.59. The Bertz CT molecular complexity index is 381. The maximum atomic E-state index is 9.66. The number of aliphatic hydroxyl groups is 1. The number of methoxy groups -OCH3 is 1. The Morgan fingerprint density at radius 1 is 1.47 bits per heavy atom. The first kappa shape index (κ1) is 14.2. The minimum absolute atomic E-state index is 0.313. The largest absolute Gasteiger partial charge is 0.389 e. The van der Waals surface area contributed by atoms with Crippen molar-refractivity contribution in [2.24, 2.45) is 0 Å². The molecular formula is C13H22N4O2. The van der Waals surface area contributed by atoms with E-state index in [4.69, 9.17) is 4.74 Å². The zero-order valence-corrected chi connectivity index (χ0v) is 11.5. The third-order valence-electron chi connectivity index (χ3n) is 3.05. The summed E-state index contributed by atoms with van der Waals surface area (Å²) in [6.07, 6.45) is 5.68. The lowest BCUT2D eigenvalue weighted by atomic mass is 10.3. The van der Waals surface area contributed by atoms with E-state index in [1.54, 1.807) is 7.11 Å². The van der Waals surface area contributed by atoms with Gasteiger partial charge in [0.05, 0.1) is 12.7 Å². The number of hydrogen-bond donors (Lipinski definition) is 2. The highest BCUT2D eigenvalue weighted by atomic mass is 16.5. The molecule has 0 bridgehead atoms. The van der Waals surface area contributed by atoms with E-state index in [0.29, 0.717) is 25.1 Å². The quantitative estimate of drug-likeness (QED) is 0.699. The van der Waals surface area contributed by atoms with Crippen molar-refractivity contribution in [2.75, 3.05) is 32.2 Å². The lowest BCUT2D eigenvalue weighted by molar-refractivity contribution is 0.0693. The van der Waals surface area contributed by atoms with Gasteiger partial charge in [0.15, 0.2) is 0 Å². The van der Waals surface area contributed by atoms with Crippen LogP contribution in [0, 0.1) is 0 Å². The summed E-state index contributed by atoms with van der Waals surface area (Å²) in [5.41, 5.74) is 1.08. The van der Waals surface area contributed by atoms with Gasteiger partial charge >= 0.3 is 0 Å². The minimum Gasteiger partial charge on any atom is -0.389 e. The van der Waals surface area contributed by atoms with Crippen LogP contribution >= 0.6 is 0 Å². The topological polar surface area (TPSA) is 70.5 Å². The summed E-state index contributed by atoms with van der Waals surface area (Å²) < 4.78 is 4.89. The molecule has 1 heterocycles. The Labute approximate surface area is 113 Å². The van der Waals surface area contributed by atoms with Crippen molar-refractivity contribution in [1.82, 2.24) is 15.3 Å². The molecule has 1 atom stereocenters. The molecule has 2 N–H and O–H groups in total. The maximum absolute atomic E-state index is 9.66. The van der Waals surface area contributed by atoms with Gasteiger partial charge in [0.25, 0.3) is 0 Å². The van der Waals surface area contributed by atoms with Crippen LogP contribution in [0.3, 0.4) is 0 Å². The predicted molar refractivity (Wildman–Crippen MR) is 73.0 cm³/mol. The molecule has 0 spiro atoms. The van der Waals surface area contributed by atoms with Gasteiger partial charge in [0.2, 0.25) is 5.95 Å². The zero-order valence-electron chi connectivity index (χ0n) is 11.5. The molecule has 1 aliphatic rings. The summed E-state index contributed by atoms with van der Waals surface area (Å²) >= 11 is 0. The normalized spacial score (nSPS) is 16.4. The standard InChI is InChI=1S/C13H22N4O2/c1-17(8-12(18)9-19-2)13-15-6-10(7-16-13)5-14-11-3-4-11/h6-7,11-12,14,18H,3-5,8-9H2,1-2H3. The molecule has 1 fully saturated rings. The van der Waals surface area contributed by atoms with Gasteiger partial charge in [-0.05, 0) is 12.8 Å². The van der Waals surface area contributed by atoms with E-state index < -0.39 is 6.10 Å². The number of aromatic nitrogens is 2. The Morgan fingerprint density at radius 2 is 2.16 bits per heavy atom. The summed E-state index contributed by atoms with van der Waals surface area (Å²) in [7, 11) is 3.43. The van der Waals surface area contributed by atoms with Crippen LogP contribution in [0.5, 0.6) is 0 Å². The van der Waals surface area contributed by atoms with Gasteiger partial charge in [-0.25, -0.2) is 9.97 Å². The highest BCUT2D eigenvalue weighted by Crippen LogP contribution is 2.19. The first-order valence-electron chi connectivity index (χ1n) is 6.61. The van der Waals surface area contributed by atoms with Gasteiger partial charge < -0.3 is 20.1 Å². The fourth-order valence-electron chi connectivity index (χ4n) is 1.83. The third kappa shape index (κ3) is 4.74. The van der Waals surface area contributed by atoms with Crippen LogP contribution in [0.1, 0.15) is 18.4 Å². The van der Waals surface area contributed by atoms with Gasteiger partial charge in [0, 0.05) is 51.2 Å². The van der Waals surface area contributed by atoms with Crippen LogP contribution in [0.4, 0.5) is 5.95 Å². The zero-order chi connectivity index (χ0) is 13.7.